The van der Waals surface area contributed by atoms with Crippen molar-refractivity contribution in [3.8, 4) is 16.9 Å². The third-order valence-corrected chi connectivity index (χ3v) is 6.44. The van der Waals surface area contributed by atoms with E-state index in [0.29, 0.717) is 18.4 Å². The topological polar surface area (TPSA) is 66.8 Å². The van der Waals surface area contributed by atoms with Crippen molar-refractivity contribution in [1.29, 1.82) is 0 Å². The molecule has 1 aliphatic heterocycles. The summed E-state index contributed by atoms with van der Waals surface area (Å²) in [4.78, 5) is 26.9. The summed E-state index contributed by atoms with van der Waals surface area (Å²) in [5.74, 6) is -0.508. The molecule has 2 atom stereocenters. The maximum atomic E-state index is 13.5. The third-order valence-electron chi connectivity index (χ3n) is 5.72. The van der Waals surface area contributed by atoms with Crippen LogP contribution in [-0.4, -0.2) is 35.0 Å². The number of hydrogen-bond acceptors (Lipinski definition) is 3. The van der Waals surface area contributed by atoms with Crippen LogP contribution in [0, 0.1) is 0 Å². The van der Waals surface area contributed by atoms with Crippen molar-refractivity contribution >= 4 is 27.8 Å². The first-order chi connectivity index (χ1) is 15.0. The van der Waals surface area contributed by atoms with Crippen LogP contribution >= 0.6 is 15.9 Å². The summed E-state index contributed by atoms with van der Waals surface area (Å²) < 4.78 is 6.30. The molecule has 0 spiro atoms. The zero-order valence-electron chi connectivity index (χ0n) is 17.0. The van der Waals surface area contributed by atoms with Gasteiger partial charge >= 0.3 is 5.97 Å². The highest BCUT2D eigenvalue weighted by Gasteiger charge is 2.42. The first-order valence-corrected chi connectivity index (χ1v) is 10.8. The molecule has 5 nitrogen and oxygen atoms in total. The predicted octanol–water partition coefficient (Wildman–Crippen LogP) is 5.56. The second-order valence-corrected chi connectivity index (χ2v) is 8.31. The Morgan fingerprint density at radius 3 is 2.32 bits per heavy atom. The Bertz CT molecular complexity index is 1110. The van der Waals surface area contributed by atoms with E-state index in [4.69, 9.17) is 4.74 Å². The number of aliphatic carboxylic acids is 1. The van der Waals surface area contributed by atoms with Crippen molar-refractivity contribution in [1.82, 2.24) is 4.90 Å². The number of carbonyl (C=O) groups excluding carboxylic acids is 1. The van der Waals surface area contributed by atoms with Gasteiger partial charge in [0.15, 0.2) is 0 Å². The van der Waals surface area contributed by atoms with Crippen LogP contribution in [0.25, 0.3) is 11.1 Å². The van der Waals surface area contributed by atoms with Crippen LogP contribution in [0.4, 0.5) is 0 Å². The quantitative estimate of drug-likeness (QED) is 0.520. The Labute approximate surface area is 189 Å². The second kappa shape index (κ2) is 8.94. The van der Waals surface area contributed by atoms with E-state index >= 15 is 0 Å². The number of nitrogens with zero attached hydrogens (tertiary/aromatic N) is 1. The number of likely N-dealkylation sites (tertiary alicyclic amines) is 1. The Balaban J connectivity index is 1.67. The highest BCUT2D eigenvalue weighted by atomic mass is 79.9. The van der Waals surface area contributed by atoms with Crippen molar-refractivity contribution in [2.24, 2.45) is 0 Å². The van der Waals surface area contributed by atoms with Gasteiger partial charge in [0.1, 0.15) is 11.8 Å². The number of ether oxygens (including phenoxy) is 1. The molecule has 6 heteroatoms. The summed E-state index contributed by atoms with van der Waals surface area (Å²) in [5.41, 5.74) is 3.24. The summed E-state index contributed by atoms with van der Waals surface area (Å²) in [5, 5.41) is 9.74. The number of amides is 1. The Morgan fingerprint density at radius 2 is 1.65 bits per heavy atom. The van der Waals surface area contributed by atoms with E-state index in [1.807, 2.05) is 60.7 Å². The van der Waals surface area contributed by atoms with E-state index in [1.54, 1.807) is 19.2 Å². The van der Waals surface area contributed by atoms with Gasteiger partial charge in [-0.15, -0.1) is 0 Å². The van der Waals surface area contributed by atoms with Crippen molar-refractivity contribution in [3.63, 3.8) is 0 Å². The van der Waals surface area contributed by atoms with Crippen molar-refractivity contribution in [3.05, 3.63) is 88.4 Å². The molecule has 158 valence electrons. The number of halogens is 1. The van der Waals surface area contributed by atoms with Gasteiger partial charge in [-0.25, -0.2) is 4.79 Å². The summed E-state index contributed by atoms with van der Waals surface area (Å²) in [7, 11) is 1.62. The molecule has 3 aromatic rings. The van der Waals surface area contributed by atoms with E-state index in [-0.39, 0.29) is 11.9 Å². The van der Waals surface area contributed by atoms with Gasteiger partial charge in [0, 0.05) is 15.6 Å². The van der Waals surface area contributed by atoms with Crippen molar-refractivity contribution in [2.45, 2.75) is 24.9 Å². The molecule has 1 aliphatic rings. The lowest BCUT2D eigenvalue weighted by atomic mass is 10.0. The van der Waals surface area contributed by atoms with Gasteiger partial charge in [0.05, 0.1) is 13.2 Å². The maximum Gasteiger partial charge on any atom is 0.326 e. The fourth-order valence-corrected chi connectivity index (χ4v) is 4.76. The van der Waals surface area contributed by atoms with Gasteiger partial charge in [0.25, 0.3) is 5.91 Å². The van der Waals surface area contributed by atoms with E-state index in [1.165, 1.54) is 4.90 Å². The van der Waals surface area contributed by atoms with Crippen LogP contribution in [0.5, 0.6) is 5.75 Å². The average molecular weight is 480 g/mol. The monoisotopic (exact) mass is 479 g/mol. The molecule has 0 aliphatic carbocycles. The van der Waals surface area contributed by atoms with Gasteiger partial charge in [0.2, 0.25) is 0 Å². The number of hydrogen-bond donors (Lipinski definition) is 1. The molecule has 1 N–H and O–H groups in total. The maximum absolute atomic E-state index is 13.5. The number of rotatable bonds is 5. The Morgan fingerprint density at radius 1 is 0.968 bits per heavy atom. The molecule has 1 amide bonds. The third kappa shape index (κ3) is 4.08. The number of carboxylic acid groups (broad SMARTS) is 1. The molecule has 1 fully saturated rings. The van der Waals surface area contributed by atoms with E-state index in [0.717, 1.165) is 26.9 Å². The molecule has 2 unspecified atom stereocenters. The normalized spacial score (nSPS) is 18.1. The summed E-state index contributed by atoms with van der Waals surface area (Å²) in [6.45, 7) is 0. The van der Waals surface area contributed by atoms with Gasteiger partial charge in [-0.05, 0) is 48.2 Å². The van der Waals surface area contributed by atoms with Gasteiger partial charge in [-0.2, -0.15) is 0 Å². The molecule has 0 bridgehead atoms. The standard InChI is InChI=1S/C25H22BrNO4/c1-31-23-9-5-3-6-18(23)16-10-12-17(13-11-16)24(28)27-21(14-15-22(27)25(29)30)19-7-2-4-8-20(19)26/h2-13,21-22H,14-15H2,1H3,(H,29,30). The van der Waals surface area contributed by atoms with Gasteiger partial charge in [-0.3, -0.25) is 4.79 Å². The highest BCUT2D eigenvalue weighted by Crippen LogP contribution is 2.40. The predicted molar refractivity (Wildman–Crippen MR) is 122 cm³/mol. The van der Waals surface area contributed by atoms with Crippen LogP contribution in [0.1, 0.15) is 34.8 Å². The van der Waals surface area contributed by atoms with Gasteiger partial charge in [-0.1, -0.05) is 64.5 Å². The molecular weight excluding hydrogens is 458 g/mol. The largest absolute Gasteiger partial charge is 0.496 e. The molecule has 4 rings (SSSR count). The minimum absolute atomic E-state index is 0.280. The average Bonchev–Trinajstić information content (AvgIpc) is 3.24. The zero-order chi connectivity index (χ0) is 22.0. The van der Waals surface area contributed by atoms with Crippen LogP contribution in [0.3, 0.4) is 0 Å². The number of benzene rings is 3. The smallest absolute Gasteiger partial charge is 0.326 e. The molecule has 31 heavy (non-hydrogen) atoms. The summed E-state index contributed by atoms with van der Waals surface area (Å²) >= 11 is 3.55. The lowest BCUT2D eigenvalue weighted by molar-refractivity contribution is -0.141. The molecule has 1 saturated heterocycles. The molecule has 3 aromatic carbocycles. The molecule has 0 saturated carbocycles. The van der Waals surface area contributed by atoms with E-state index < -0.39 is 12.0 Å². The van der Waals surface area contributed by atoms with E-state index in [9.17, 15) is 14.7 Å². The number of para-hydroxylation sites is 1. The fraction of sp³-hybridized carbons (Fsp3) is 0.200. The summed E-state index contributed by atoms with van der Waals surface area (Å²) in [6.07, 6.45) is 1.02. The van der Waals surface area contributed by atoms with Crippen LogP contribution < -0.4 is 4.74 Å². The SMILES string of the molecule is COc1ccccc1-c1ccc(C(=O)N2C(C(=O)O)CCC2c2ccccc2Br)cc1. The lowest BCUT2D eigenvalue weighted by Gasteiger charge is -2.29. The second-order valence-electron chi connectivity index (χ2n) is 7.46. The van der Waals surface area contributed by atoms with Crippen LogP contribution in [-0.2, 0) is 4.79 Å². The molecule has 0 aromatic heterocycles. The first kappa shape index (κ1) is 21.1. The number of methoxy groups -OCH3 is 1. The minimum atomic E-state index is -0.978. The van der Waals surface area contributed by atoms with E-state index in [2.05, 4.69) is 15.9 Å². The summed E-state index contributed by atoms with van der Waals surface area (Å²) in [6, 6.07) is 21.4. The van der Waals surface area contributed by atoms with Gasteiger partial charge < -0.3 is 14.7 Å². The Hall–Kier alpha value is -3.12. The molecule has 0 radical (unpaired) electrons. The highest BCUT2D eigenvalue weighted by molar-refractivity contribution is 9.10. The zero-order valence-corrected chi connectivity index (χ0v) is 18.6. The number of carboxylic acids is 1. The molecule has 1 heterocycles. The minimum Gasteiger partial charge on any atom is -0.496 e. The first-order valence-electron chi connectivity index (χ1n) is 10.0. The molecular formula is C25H22BrNO4. The van der Waals surface area contributed by atoms with Crippen LogP contribution in [0.2, 0.25) is 0 Å². The van der Waals surface area contributed by atoms with Crippen LogP contribution in [0.15, 0.2) is 77.3 Å². The lowest BCUT2D eigenvalue weighted by Crippen LogP contribution is -2.41. The number of carbonyl (C=O) groups is 2. The fourth-order valence-electron chi connectivity index (χ4n) is 4.21. The van der Waals surface area contributed by atoms with Crippen molar-refractivity contribution < 1.29 is 19.4 Å². The van der Waals surface area contributed by atoms with Crippen molar-refractivity contribution in [2.75, 3.05) is 7.11 Å². The Kier molecular flexibility index (Phi) is 6.09.